The molecule has 0 saturated carbocycles. The summed E-state index contributed by atoms with van der Waals surface area (Å²) in [4.78, 5) is 0. The van der Waals surface area contributed by atoms with E-state index in [1.807, 2.05) is 43.3 Å². The Bertz CT molecular complexity index is 1180. The van der Waals surface area contributed by atoms with Crippen molar-refractivity contribution in [3.8, 4) is 22.6 Å². The van der Waals surface area contributed by atoms with Crippen LogP contribution in [0.2, 0.25) is 5.02 Å². The van der Waals surface area contributed by atoms with Gasteiger partial charge in [-0.1, -0.05) is 65.7 Å². The molecule has 31 heavy (non-hydrogen) atoms. The second-order valence-electron chi connectivity index (χ2n) is 7.06. The fourth-order valence-corrected chi connectivity index (χ4v) is 3.36. The monoisotopic (exact) mass is 442 g/mol. The van der Waals surface area contributed by atoms with Crippen molar-refractivity contribution < 1.29 is 17.9 Å². The summed E-state index contributed by atoms with van der Waals surface area (Å²) in [5, 5.41) is 4.01. The molecule has 0 amide bonds. The molecule has 1 aromatic heterocycles. The Balaban J connectivity index is 1.57. The number of rotatable bonds is 5. The van der Waals surface area contributed by atoms with Crippen LogP contribution in [0.25, 0.3) is 16.8 Å². The van der Waals surface area contributed by atoms with Crippen LogP contribution in [0.15, 0.2) is 78.9 Å². The van der Waals surface area contributed by atoms with Crippen molar-refractivity contribution in [2.24, 2.45) is 0 Å². The zero-order valence-corrected chi connectivity index (χ0v) is 17.3. The zero-order valence-electron chi connectivity index (χ0n) is 16.5. The SMILES string of the molecule is Cc1ccc(-c2ccc(OCc3cc(C(F)(F)F)nn3-c3ccccc3Cl)cc2)cc1. The van der Waals surface area contributed by atoms with E-state index in [0.717, 1.165) is 17.2 Å². The van der Waals surface area contributed by atoms with E-state index >= 15 is 0 Å². The van der Waals surface area contributed by atoms with E-state index in [1.54, 1.807) is 36.4 Å². The van der Waals surface area contributed by atoms with Crippen LogP contribution in [-0.4, -0.2) is 9.78 Å². The molecule has 3 nitrogen and oxygen atoms in total. The van der Waals surface area contributed by atoms with Gasteiger partial charge in [-0.05, 0) is 48.4 Å². The third-order valence-corrected chi connectivity index (χ3v) is 5.10. The van der Waals surface area contributed by atoms with Gasteiger partial charge in [0.15, 0.2) is 5.69 Å². The maximum absolute atomic E-state index is 13.2. The third-order valence-electron chi connectivity index (χ3n) is 4.78. The van der Waals surface area contributed by atoms with Gasteiger partial charge in [0.1, 0.15) is 12.4 Å². The normalized spacial score (nSPS) is 11.5. The number of para-hydroxylation sites is 1. The highest BCUT2D eigenvalue weighted by Crippen LogP contribution is 2.31. The van der Waals surface area contributed by atoms with Crippen LogP contribution in [0.4, 0.5) is 13.2 Å². The Morgan fingerprint density at radius 1 is 0.903 bits per heavy atom. The molecule has 7 heteroatoms. The first-order valence-electron chi connectivity index (χ1n) is 9.52. The molecule has 3 aromatic carbocycles. The Morgan fingerprint density at radius 2 is 1.52 bits per heavy atom. The Labute approximate surface area is 182 Å². The van der Waals surface area contributed by atoms with Crippen LogP contribution in [0.1, 0.15) is 17.0 Å². The fraction of sp³-hybridized carbons (Fsp3) is 0.125. The lowest BCUT2D eigenvalue weighted by Crippen LogP contribution is -2.08. The largest absolute Gasteiger partial charge is 0.487 e. The molecule has 0 unspecified atom stereocenters. The lowest BCUT2D eigenvalue weighted by Gasteiger charge is -2.11. The van der Waals surface area contributed by atoms with E-state index in [4.69, 9.17) is 16.3 Å². The third kappa shape index (κ3) is 4.75. The summed E-state index contributed by atoms with van der Waals surface area (Å²) in [6.45, 7) is 1.93. The van der Waals surface area contributed by atoms with Crippen LogP contribution in [0.5, 0.6) is 5.75 Å². The van der Waals surface area contributed by atoms with Gasteiger partial charge in [0.05, 0.1) is 16.4 Å². The van der Waals surface area contributed by atoms with Crippen LogP contribution in [0.3, 0.4) is 0 Å². The molecule has 1 heterocycles. The molecule has 0 aliphatic carbocycles. The molecule has 0 saturated heterocycles. The van der Waals surface area contributed by atoms with Crippen molar-refractivity contribution in [1.82, 2.24) is 9.78 Å². The average molecular weight is 443 g/mol. The summed E-state index contributed by atoms with van der Waals surface area (Å²) in [6.07, 6.45) is -4.57. The summed E-state index contributed by atoms with van der Waals surface area (Å²) in [5.74, 6) is 0.538. The molecule has 0 fully saturated rings. The van der Waals surface area contributed by atoms with Gasteiger partial charge < -0.3 is 4.74 Å². The molecule has 0 atom stereocenters. The summed E-state index contributed by atoms with van der Waals surface area (Å²) in [6, 6.07) is 23.1. The van der Waals surface area contributed by atoms with Gasteiger partial charge in [-0.15, -0.1) is 0 Å². The van der Waals surface area contributed by atoms with Crippen molar-refractivity contribution in [1.29, 1.82) is 0 Å². The number of alkyl halides is 3. The molecule has 0 radical (unpaired) electrons. The van der Waals surface area contributed by atoms with Crippen molar-refractivity contribution in [2.75, 3.05) is 0 Å². The quantitative estimate of drug-likeness (QED) is 0.329. The van der Waals surface area contributed by atoms with Gasteiger partial charge in [0.25, 0.3) is 0 Å². The minimum Gasteiger partial charge on any atom is -0.487 e. The molecular formula is C24H18ClF3N2O. The minimum absolute atomic E-state index is 0.0990. The molecule has 0 spiro atoms. The number of halogens is 4. The van der Waals surface area contributed by atoms with Crippen LogP contribution in [-0.2, 0) is 12.8 Å². The lowest BCUT2D eigenvalue weighted by atomic mass is 10.0. The van der Waals surface area contributed by atoms with E-state index in [9.17, 15) is 13.2 Å². The van der Waals surface area contributed by atoms with Gasteiger partial charge >= 0.3 is 6.18 Å². The standard InChI is InChI=1S/C24H18ClF3N2O/c1-16-6-8-17(9-7-16)18-10-12-20(13-11-18)31-15-19-14-23(24(26,27)28)29-30(19)22-5-3-2-4-21(22)25/h2-14H,15H2,1H3. The van der Waals surface area contributed by atoms with E-state index < -0.39 is 11.9 Å². The second kappa shape index (κ2) is 8.47. The Hall–Kier alpha value is -3.25. The van der Waals surface area contributed by atoms with Crippen molar-refractivity contribution in [2.45, 2.75) is 19.7 Å². The predicted molar refractivity (Wildman–Crippen MR) is 115 cm³/mol. The molecule has 4 aromatic rings. The molecule has 0 aliphatic heterocycles. The predicted octanol–water partition coefficient (Wildman–Crippen LogP) is 7.10. The smallest absolute Gasteiger partial charge is 0.435 e. The first kappa shape index (κ1) is 21.0. The first-order valence-corrected chi connectivity index (χ1v) is 9.90. The number of benzene rings is 3. The van der Waals surface area contributed by atoms with Gasteiger partial charge in [-0.2, -0.15) is 18.3 Å². The van der Waals surface area contributed by atoms with Crippen LogP contribution >= 0.6 is 11.6 Å². The van der Waals surface area contributed by atoms with Crippen LogP contribution < -0.4 is 4.74 Å². The molecular weight excluding hydrogens is 425 g/mol. The molecule has 0 aliphatic rings. The minimum atomic E-state index is -4.57. The van der Waals surface area contributed by atoms with Crippen LogP contribution in [0, 0.1) is 6.92 Å². The number of nitrogens with zero attached hydrogens (tertiary/aromatic N) is 2. The highest BCUT2D eigenvalue weighted by molar-refractivity contribution is 6.32. The fourth-order valence-electron chi connectivity index (χ4n) is 3.14. The molecule has 158 valence electrons. The lowest BCUT2D eigenvalue weighted by molar-refractivity contribution is -0.141. The maximum Gasteiger partial charge on any atom is 0.435 e. The van der Waals surface area contributed by atoms with E-state index in [2.05, 4.69) is 5.10 Å². The first-order chi connectivity index (χ1) is 14.8. The summed E-state index contributed by atoms with van der Waals surface area (Å²) < 4.78 is 46.7. The van der Waals surface area contributed by atoms with Crippen molar-refractivity contribution in [3.05, 3.63) is 101 Å². The highest BCUT2D eigenvalue weighted by atomic mass is 35.5. The van der Waals surface area contributed by atoms with Gasteiger partial charge in [-0.25, -0.2) is 4.68 Å². The van der Waals surface area contributed by atoms with Gasteiger partial charge in [0.2, 0.25) is 0 Å². The van der Waals surface area contributed by atoms with E-state index in [1.165, 1.54) is 10.2 Å². The van der Waals surface area contributed by atoms with Crippen molar-refractivity contribution in [3.63, 3.8) is 0 Å². The molecule has 4 rings (SSSR count). The van der Waals surface area contributed by atoms with Crippen molar-refractivity contribution >= 4 is 11.6 Å². The summed E-state index contributed by atoms with van der Waals surface area (Å²) in [5.41, 5.74) is 2.87. The van der Waals surface area contributed by atoms with E-state index in [0.29, 0.717) is 16.5 Å². The number of hydrogen-bond acceptors (Lipinski definition) is 2. The highest BCUT2D eigenvalue weighted by Gasteiger charge is 2.35. The summed E-state index contributed by atoms with van der Waals surface area (Å²) >= 11 is 6.17. The topological polar surface area (TPSA) is 27.1 Å². The van der Waals surface area contributed by atoms with E-state index in [-0.39, 0.29) is 12.3 Å². The average Bonchev–Trinajstić information content (AvgIpc) is 3.18. The molecule has 0 N–H and O–H groups in total. The van der Waals surface area contributed by atoms with Gasteiger partial charge in [-0.3, -0.25) is 0 Å². The number of aromatic nitrogens is 2. The number of hydrogen-bond donors (Lipinski definition) is 0. The number of aryl methyl sites for hydroxylation is 1. The van der Waals surface area contributed by atoms with Gasteiger partial charge in [0, 0.05) is 0 Å². The Kier molecular flexibility index (Phi) is 5.74. The Morgan fingerprint density at radius 3 is 2.13 bits per heavy atom. The zero-order chi connectivity index (χ0) is 22.0. The second-order valence-corrected chi connectivity index (χ2v) is 7.47. The number of ether oxygens (including phenoxy) is 1. The maximum atomic E-state index is 13.2. The summed E-state index contributed by atoms with van der Waals surface area (Å²) in [7, 11) is 0. The molecule has 0 bridgehead atoms.